The molecular weight excluding hydrogens is 477 g/mol. The zero-order valence-electron chi connectivity index (χ0n) is 22.1. The number of halogens is 1. The normalized spacial score (nSPS) is 22.4. The standard InChI is InChI=1S/C31H30FN5O/c1-19-25-12-11-24-27(23-9-5-6-10-26(23)32)35-30(20-13-14-34-22(16-20)8-7-15-37(3)4)36-29(24)31(25,2)17-21(18-33)28(19)38/h5-7,9-10,13-17,19,25H,8,11-12H2,1-4H3/t19-,25-,31-/m1/s1. The number of pyridine rings is 1. The summed E-state index contributed by atoms with van der Waals surface area (Å²) >= 11 is 0. The lowest BCUT2D eigenvalue weighted by Gasteiger charge is -2.45. The van der Waals surface area contributed by atoms with Crippen molar-refractivity contribution in [3.8, 4) is 28.7 Å². The van der Waals surface area contributed by atoms with Gasteiger partial charge in [0.2, 0.25) is 0 Å². The van der Waals surface area contributed by atoms with E-state index in [9.17, 15) is 10.1 Å². The van der Waals surface area contributed by atoms with Crippen molar-refractivity contribution in [2.75, 3.05) is 14.1 Å². The van der Waals surface area contributed by atoms with E-state index < -0.39 is 5.41 Å². The summed E-state index contributed by atoms with van der Waals surface area (Å²) in [5, 5.41) is 9.73. The molecule has 0 aliphatic heterocycles. The third-order valence-electron chi connectivity index (χ3n) is 7.77. The highest BCUT2D eigenvalue weighted by atomic mass is 19.1. The van der Waals surface area contributed by atoms with Gasteiger partial charge >= 0.3 is 0 Å². The first kappa shape index (κ1) is 25.5. The van der Waals surface area contributed by atoms with Crippen LogP contribution in [0.3, 0.4) is 0 Å². The number of rotatable bonds is 5. The molecule has 38 heavy (non-hydrogen) atoms. The minimum absolute atomic E-state index is 0.0139. The SMILES string of the molecule is C[C@H]1C(=O)C(C#N)=C[C@@]2(C)c3nc(-c4ccnc(CC=CN(C)C)c4)nc(-c4ccccc4F)c3CC[C@H]12. The highest BCUT2D eigenvalue weighted by molar-refractivity contribution is 6.02. The number of allylic oxidation sites excluding steroid dienone is 3. The number of benzene rings is 1. The van der Waals surface area contributed by atoms with Crippen molar-refractivity contribution in [1.82, 2.24) is 19.9 Å². The molecule has 2 aromatic heterocycles. The van der Waals surface area contributed by atoms with E-state index in [4.69, 9.17) is 9.97 Å². The molecule has 0 saturated heterocycles. The quantitative estimate of drug-likeness (QED) is 0.457. The minimum Gasteiger partial charge on any atom is -0.384 e. The molecule has 0 unspecified atom stereocenters. The average Bonchev–Trinajstić information content (AvgIpc) is 2.90. The Labute approximate surface area is 222 Å². The predicted molar refractivity (Wildman–Crippen MR) is 144 cm³/mol. The molecule has 3 aromatic rings. The number of hydrogen-bond acceptors (Lipinski definition) is 6. The van der Waals surface area contributed by atoms with Crippen LogP contribution in [-0.4, -0.2) is 39.7 Å². The van der Waals surface area contributed by atoms with Crippen LogP contribution in [-0.2, 0) is 23.1 Å². The second-order valence-electron chi connectivity index (χ2n) is 10.5. The van der Waals surface area contributed by atoms with Crippen LogP contribution < -0.4 is 0 Å². The van der Waals surface area contributed by atoms with Crippen LogP contribution in [0.25, 0.3) is 22.6 Å². The van der Waals surface area contributed by atoms with Gasteiger partial charge in [-0.25, -0.2) is 14.4 Å². The van der Waals surface area contributed by atoms with Crippen molar-refractivity contribution in [2.24, 2.45) is 11.8 Å². The number of Topliss-reactive ketones (excluding diaryl/α,β-unsaturated/α-hetero) is 1. The number of hydrogen-bond donors (Lipinski definition) is 0. The van der Waals surface area contributed by atoms with Gasteiger partial charge in [0.15, 0.2) is 11.6 Å². The third kappa shape index (κ3) is 4.41. The molecule has 5 rings (SSSR count). The topological polar surface area (TPSA) is 82.8 Å². The molecule has 0 N–H and O–H groups in total. The van der Waals surface area contributed by atoms with Crippen molar-refractivity contribution in [3.63, 3.8) is 0 Å². The van der Waals surface area contributed by atoms with Gasteiger partial charge in [0.25, 0.3) is 0 Å². The summed E-state index contributed by atoms with van der Waals surface area (Å²) in [6.07, 6.45) is 9.53. The Hall–Kier alpha value is -4.18. The van der Waals surface area contributed by atoms with E-state index in [2.05, 4.69) is 11.1 Å². The molecule has 2 aliphatic carbocycles. The number of carbonyl (C=O) groups is 1. The fourth-order valence-corrected chi connectivity index (χ4v) is 5.89. The molecule has 192 valence electrons. The summed E-state index contributed by atoms with van der Waals surface area (Å²) in [5.74, 6) is -0.317. The summed E-state index contributed by atoms with van der Waals surface area (Å²) in [6, 6.07) is 12.6. The molecule has 0 amide bonds. The Morgan fingerprint density at radius 1 is 1.24 bits per heavy atom. The van der Waals surface area contributed by atoms with E-state index in [0.29, 0.717) is 29.9 Å². The van der Waals surface area contributed by atoms with Crippen LogP contribution in [0.1, 0.15) is 37.2 Å². The van der Waals surface area contributed by atoms with Crippen molar-refractivity contribution >= 4 is 5.78 Å². The highest BCUT2D eigenvalue weighted by Gasteiger charge is 2.49. The summed E-state index contributed by atoms with van der Waals surface area (Å²) in [6.45, 7) is 3.94. The Morgan fingerprint density at radius 2 is 2.03 bits per heavy atom. The second kappa shape index (κ2) is 9.94. The van der Waals surface area contributed by atoms with E-state index in [-0.39, 0.29) is 29.0 Å². The van der Waals surface area contributed by atoms with E-state index in [0.717, 1.165) is 28.9 Å². The highest BCUT2D eigenvalue weighted by Crippen LogP contribution is 2.51. The van der Waals surface area contributed by atoms with Gasteiger partial charge in [-0.3, -0.25) is 9.78 Å². The summed E-state index contributed by atoms with van der Waals surface area (Å²) in [5.41, 5.74) is 3.76. The van der Waals surface area contributed by atoms with Crippen LogP contribution in [0.2, 0.25) is 0 Å². The number of fused-ring (bicyclic) bond motifs is 3. The Kier molecular flexibility index (Phi) is 6.66. The van der Waals surface area contributed by atoms with Crippen LogP contribution in [0.15, 0.2) is 66.5 Å². The number of carbonyl (C=O) groups excluding carboxylic acids is 1. The fourth-order valence-electron chi connectivity index (χ4n) is 5.89. The van der Waals surface area contributed by atoms with Crippen LogP contribution in [0.4, 0.5) is 4.39 Å². The Bertz CT molecular complexity index is 1520. The minimum atomic E-state index is -0.659. The molecule has 1 aromatic carbocycles. The maximum Gasteiger partial charge on any atom is 0.176 e. The van der Waals surface area contributed by atoms with Crippen molar-refractivity contribution in [2.45, 2.75) is 38.5 Å². The van der Waals surface area contributed by atoms with Crippen molar-refractivity contribution in [3.05, 3.63) is 89.3 Å². The van der Waals surface area contributed by atoms with E-state index >= 15 is 4.39 Å². The Morgan fingerprint density at radius 3 is 2.76 bits per heavy atom. The van der Waals surface area contributed by atoms with E-state index in [1.54, 1.807) is 30.5 Å². The lowest BCUT2D eigenvalue weighted by molar-refractivity contribution is -0.121. The number of aromatic nitrogens is 3. The average molecular weight is 508 g/mol. The van der Waals surface area contributed by atoms with Gasteiger partial charge in [-0.15, -0.1) is 0 Å². The Balaban J connectivity index is 1.73. The van der Waals surface area contributed by atoms with Crippen LogP contribution in [0, 0.1) is 29.0 Å². The largest absolute Gasteiger partial charge is 0.384 e. The first-order valence-corrected chi connectivity index (χ1v) is 12.8. The molecule has 0 spiro atoms. The number of nitrogens with zero attached hydrogens (tertiary/aromatic N) is 5. The monoisotopic (exact) mass is 507 g/mol. The van der Waals surface area contributed by atoms with Crippen LogP contribution in [0.5, 0.6) is 0 Å². The molecular formula is C31H30FN5O. The second-order valence-corrected chi connectivity index (χ2v) is 10.5. The van der Waals surface area contributed by atoms with Gasteiger partial charge in [-0.1, -0.05) is 38.1 Å². The number of nitriles is 1. The summed E-state index contributed by atoms with van der Waals surface area (Å²) in [4.78, 5) is 29.3. The lowest BCUT2D eigenvalue weighted by Crippen LogP contribution is -2.46. The predicted octanol–water partition coefficient (Wildman–Crippen LogP) is 5.45. The first-order valence-electron chi connectivity index (χ1n) is 12.8. The molecule has 3 atom stereocenters. The number of ketones is 1. The molecule has 6 nitrogen and oxygen atoms in total. The third-order valence-corrected chi connectivity index (χ3v) is 7.77. The molecule has 0 saturated carbocycles. The maximum atomic E-state index is 15.1. The molecule has 7 heteroatoms. The van der Waals surface area contributed by atoms with Gasteiger partial charge in [0.05, 0.1) is 17.0 Å². The van der Waals surface area contributed by atoms with Crippen LogP contribution >= 0.6 is 0 Å². The van der Waals surface area contributed by atoms with E-state index in [1.165, 1.54) is 6.07 Å². The van der Waals surface area contributed by atoms with E-state index in [1.807, 2.05) is 57.3 Å². The lowest BCUT2D eigenvalue weighted by atomic mass is 9.57. The molecule has 2 aliphatic rings. The molecule has 0 radical (unpaired) electrons. The maximum absolute atomic E-state index is 15.1. The van der Waals surface area contributed by atoms with Crippen molar-refractivity contribution in [1.29, 1.82) is 5.26 Å². The summed E-state index contributed by atoms with van der Waals surface area (Å²) in [7, 11) is 3.93. The smallest absolute Gasteiger partial charge is 0.176 e. The van der Waals surface area contributed by atoms with Gasteiger partial charge in [0.1, 0.15) is 11.9 Å². The van der Waals surface area contributed by atoms with Gasteiger partial charge in [0, 0.05) is 60.4 Å². The van der Waals surface area contributed by atoms with Crippen molar-refractivity contribution < 1.29 is 9.18 Å². The zero-order valence-corrected chi connectivity index (χ0v) is 22.1. The first-order chi connectivity index (χ1) is 18.2. The van der Waals surface area contributed by atoms with Gasteiger partial charge < -0.3 is 4.90 Å². The molecule has 0 bridgehead atoms. The summed E-state index contributed by atoms with van der Waals surface area (Å²) < 4.78 is 15.1. The molecule has 2 heterocycles. The molecule has 0 fully saturated rings. The fraction of sp³-hybridized carbons (Fsp3) is 0.323. The van der Waals surface area contributed by atoms with Gasteiger partial charge in [-0.05, 0) is 49.2 Å². The van der Waals surface area contributed by atoms with Gasteiger partial charge in [-0.2, -0.15) is 5.26 Å². The zero-order chi connectivity index (χ0) is 27.0.